The van der Waals surface area contributed by atoms with E-state index in [0.717, 1.165) is 0 Å². The predicted octanol–water partition coefficient (Wildman–Crippen LogP) is 3.28. The summed E-state index contributed by atoms with van der Waals surface area (Å²) in [5, 5.41) is 10.9. The van der Waals surface area contributed by atoms with E-state index in [-0.39, 0.29) is 11.5 Å². The number of nitro benzene ring substituents is 1. The van der Waals surface area contributed by atoms with Crippen molar-refractivity contribution in [2.24, 2.45) is 0 Å². The van der Waals surface area contributed by atoms with E-state index in [4.69, 9.17) is 0 Å². The number of nitrogens with zero attached hydrogens (tertiary/aromatic N) is 2. The highest BCUT2D eigenvalue weighted by Crippen LogP contribution is 2.24. The molecule has 0 amide bonds. The van der Waals surface area contributed by atoms with E-state index in [1.807, 2.05) is 6.07 Å². The minimum Gasteiger partial charge on any atom is -0.293 e. The second kappa shape index (κ2) is 5.61. The Labute approximate surface area is 116 Å². The Balaban J connectivity index is 2.34. The molecule has 1 aromatic carbocycles. The van der Waals surface area contributed by atoms with Gasteiger partial charge in [-0.2, -0.15) is 0 Å². The number of aromatic nitrogens is 1. The molecule has 5 heteroatoms. The van der Waals surface area contributed by atoms with Crippen molar-refractivity contribution in [1.29, 1.82) is 0 Å². The lowest BCUT2D eigenvalue weighted by molar-refractivity contribution is -0.385. The quantitative estimate of drug-likeness (QED) is 0.485. The molecule has 0 aliphatic carbocycles. The topological polar surface area (TPSA) is 73.1 Å². The summed E-state index contributed by atoms with van der Waals surface area (Å²) in [6, 6.07) is 9.89. The lowest BCUT2D eigenvalue weighted by Gasteiger charge is -2.10. The van der Waals surface area contributed by atoms with Crippen LogP contribution in [-0.4, -0.2) is 15.7 Å². The molecule has 0 saturated carbocycles. The van der Waals surface area contributed by atoms with E-state index < -0.39 is 10.8 Å². The third kappa shape index (κ3) is 2.71. The molecule has 1 atom stereocenters. The molecular weight excluding hydrogens is 256 g/mol. The molecule has 1 aromatic heterocycles. The predicted molar refractivity (Wildman–Crippen MR) is 74.8 cm³/mol. The maximum absolute atomic E-state index is 12.4. The Kier molecular flexibility index (Phi) is 3.89. The lowest BCUT2D eigenvalue weighted by Crippen LogP contribution is -2.11. The highest BCUT2D eigenvalue weighted by molar-refractivity contribution is 6.01. The van der Waals surface area contributed by atoms with E-state index in [2.05, 4.69) is 4.98 Å². The van der Waals surface area contributed by atoms with Crippen LogP contribution < -0.4 is 0 Å². The average Bonchev–Trinajstić information content (AvgIpc) is 2.47. The minimum absolute atomic E-state index is 0.0379. The Morgan fingerprint density at radius 3 is 2.65 bits per heavy atom. The normalized spacial score (nSPS) is 11.9. The highest BCUT2D eigenvalue weighted by atomic mass is 16.6. The van der Waals surface area contributed by atoms with Crippen molar-refractivity contribution in [3.8, 4) is 0 Å². The maximum Gasteiger partial charge on any atom is 0.273 e. The van der Waals surface area contributed by atoms with Crippen LogP contribution in [0.25, 0.3) is 0 Å². The molecule has 0 bridgehead atoms. The van der Waals surface area contributed by atoms with Crippen LogP contribution in [0.15, 0.2) is 42.6 Å². The Morgan fingerprint density at radius 1 is 1.30 bits per heavy atom. The highest BCUT2D eigenvalue weighted by Gasteiger charge is 2.21. The first-order valence-electron chi connectivity index (χ1n) is 6.21. The van der Waals surface area contributed by atoms with Gasteiger partial charge in [0.1, 0.15) is 0 Å². The number of carbonyl (C=O) groups excluding carboxylic acids is 1. The molecular formula is C15H14N2O3. The van der Waals surface area contributed by atoms with E-state index in [9.17, 15) is 14.9 Å². The zero-order valence-electron chi connectivity index (χ0n) is 11.2. The van der Waals surface area contributed by atoms with Crippen molar-refractivity contribution >= 4 is 11.5 Å². The number of benzene rings is 1. The van der Waals surface area contributed by atoms with Crippen LogP contribution in [0.4, 0.5) is 5.69 Å². The zero-order valence-corrected chi connectivity index (χ0v) is 11.2. The van der Waals surface area contributed by atoms with Crippen molar-refractivity contribution in [3.63, 3.8) is 0 Å². The number of hydrogen-bond acceptors (Lipinski definition) is 4. The smallest absolute Gasteiger partial charge is 0.273 e. The molecule has 0 aliphatic rings. The van der Waals surface area contributed by atoms with Crippen molar-refractivity contribution in [3.05, 3.63) is 69.5 Å². The van der Waals surface area contributed by atoms with Gasteiger partial charge >= 0.3 is 0 Å². The monoisotopic (exact) mass is 270 g/mol. The summed E-state index contributed by atoms with van der Waals surface area (Å²) in [6.07, 6.45) is 1.62. The third-order valence-corrected chi connectivity index (χ3v) is 3.22. The summed E-state index contributed by atoms with van der Waals surface area (Å²) >= 11 is 0. The average molecular weight is 270 g/mol. The number of nitro groups is 1. The van der Waals surface area contributed by atoms with Gasteiger partial charge in [0.2, 0.25) is 0 Å². The van der Waals surface area contributed by atoms with Crippen LogP contribution in [0.2, 0.25) is 0 Å². The molecule has 1 unspecified atom stereocenters. The zero-order chi connectivity index (χ0) is 14.7. The van der Waals surface area contributed by atoms with Crippen LogP contribution in [-0.2, 0) is 0 Å². The standard InChI is InChI=1S/C15H14N2O3/c1-10-6-7-12(9-14(10)17(19)20)15(18)11(2)13-5-3-4-8-16-13/h3-9,11H,1-2H3. The minimum atomic E-state index is -0.475. The number of Topliss-reactive ketones (excluding diaryl/α,β-unsaturated/α-hetero) is 1. The molecule has 0 saturated heterocycles. The summed E-state index contributed by atoms with van der Waals surface area (Å²) in [5.74, 6) is -0.606. The van der Waals surface area contributed by atoms with Gasteiger partial charge in [-0.3, -0.25) is 19.9 Å². The third-order valence-electron chi connectivity index (χ3n) is 3.22. The Bertz CT molecular complexity index is 653. The van der Waals surface area contributed by atoms with Crippen molar-refractivity contribution < 1.29 is 9.72 Å². The number of hydrogen-bond donors (Lipinski definition) is 0. The summed E-state index contributed by atoms with van der Waals surface area (Å²) in [5.41, 5.74) is 1.49. The summed E-state index contributed by atoms with van der Waals surface area (Å²) < 4.78 is 0. The second-order valence-electron chi connectivity index (χ2n) is 4.60. The van der Waals surface area contributed by atoms with Gasteiger partial charge in [-0.1, -0.05) is 18.2 Å². The van der Waals surface area contributed by atoms with Crippen LogP contribution >= 0.6 is 0 Å². The fourth-order valence-corrected chi connectivity index (χ4v) is 1.98. The molecule has 5 nitrogen and oxygen atoms in total. The largest absolute Gasteiger partial charge is 0.293 e. The number of ketones is 1. The summed E-state index contributed by atoms with van der Waals surface area (Å²) in [6.45, 7) is 3.39. The summed E-state index contributed by atoms with van der Waals surface area (Å²) in [7, 11) is 0. The van der Waals surface area contributed by atoms with Gasteiger partial charge in [0, 0.05) is 23.4 Å². The van der Waals surface area contributed by atoms with Gasteiger partial charge in [0.15, 0.2) is 5.78 Å². The Morgan fingerprint density at radius 2 is 2.05 bits per heavy atom. The van der Waals surface area contributed by atoms with Gasteiger partial charge in [-0.15, -0.1) is 0 Å². The molecule has 0 N–H and O–H groups in total. The molecule has 102 valence electrons. The maximum atomic E-state index is 12.4. The van der Waals surface area contributed by atoms with Crippen LogP contribution in [0.1, 0.15) is 34.5 Å². The molecule has 0 aliphatic heterocycles. The fourth-order valence-electron chi connectivity index (χ4n) is 1.98. The molecule has 0 fully saturated rings. The molecule has 2 aromatic rings. The molecule has 1 heterocycles. The summed E-state index contributed by atoms with van der Waals surface area (Å²) in [4.78, 5) is 27.0. The SMILES string of the molecule is Cc1ccc(C(=O)C(C)c2ccccn2)cc1[N+](=O)[O-]. The Hall–Kier alpha value is -2.56. The van der Waals surface area contributed by atoms with Crippen molar-refractivity contribution in [1.82, 2.24) is 4.98 Å². The van der Waals surface area contributed by atoms with Crippen LogP contribution in [0.3, 0.4) is 0 Å². The molecule has 0 spiro atoms. The first-order valence-corrected chi connectivity index (χ1v) is 6.21. The second-order valence-corrected chi connectivity index (χ2v) is 4.60. The molecule has 0 radical (unpaired) electrons. The number of rotatable bonds is 4. The van der Waals surface area contributed by atoms with E-state index >= 15 is 0 Å². The van der Waals surface area contributed by atoms with Gasteiger partial charge in [-0.05, 0) is 26.0 Å². The molecule has 20 heavy (non-hydrogen) atoms. The van der Waals surface area contributed by atoms with Gasteiger partial charge in [0.25, 0.3) is 5.69 Å². The first kappa shape index (κ1) is 13.9. The van der Waals surface area contributed by atoms with E-state index in [1.54, 1.807) is 44.3 Å². The van der Waals surface area contributed by atoms with Gasteiger partial charge < -0.3 is 0 Å². The number of pyridine rings is 1. The van der Waals surface area contributed by atoms with E-state index in [1.165, 1.54) is 6.07 Å². The van der Waals surface area contributed by atoms with Gasteiger partial charge in [-0.25, -0.2) is 0 Å². The number of aryl methyl sites for hydroxylation is 1. The van der Waals surface area contributed by atoms with Crippen molar-refractivity contribution in [2.45, 2.75) is 19.8 Å². The van der Waals surface area contributed by atoms with Gasteiger partial charge in [0.05, 0.1) is 16.5 Å². The lowest BCUT2D eigenvalue weighted by atomic mass is 9.95. The first-order chi connectivity index (χ1) is 9.50. The number of carbonyl (C=O) groups is 1. The van der Waals surface area contributed by atoms with Crippen LogP contribution in [0.5, 0.6) is 0 Å². The van der Waals surface area contributed by atoms with E-state index in [0.29, 0.717) is 16.8 Å². The van der Waals surface area contributed by atoms with Crippen molar-refractivity contribution in [2.75, 3.05) is 0 Å². The molecule has 2 rings (SSSR count). The fraction of sp³-hybridized carbons (Fsp3) is 0.200. The van der Waals surface area contributed by atoms with Crippen LogP contribution in [0, 0.1) is 17.0 Å².